The second-order valence-corrected chi connectivity index (χ2v) is 10.2. The number of Topliss-reactive ketones (excluding diaryl/α,β-unsaturated/α-hetero) is 1. The lowest BCUT2D eigenvalue weighted by Gasteiger charge is -2.36. The lowest BCUT2D eigenvalue weighted by Crippen LogP contribution is -2.47. The molecule has 0 radical (unpaired) electrons. The number of aryl methyl sites for hydroxylation is 1. The molecule has 0 bridgehead atoms. The fourth-order valence-corrected chi connectivity index (χ4v) is 4.06. The third kappa shape index (κ3) is 5.18. The molecule has 5 nitrogen and oxygen atoms in total. The number of ketones is 1. The van der Waals surface area contributed by atoms with Crippen LogP contribution in [-0.4, -0.2) is 33.9 Å². The first-order chi connectivity index (χ1) is 15.5. The van der Waals surface area contributed by atoms with Crippen molar-refractivity contribution in [1.29, 1.82) is 0 Å². The Morgan fingerprint density at radius 2 is 1.97 bits per heavy atom. The number of halogens is 2. The first kappa shape index (κ1) is 23.6. The van der Waals surface area contributed by atoms with E-state index >= 15 is 0 Å². The van der Waals surface area contributed by atoms with Crippen molar-refractivity contribution in [3.63, 3.8) is 0 Å². The van der Waals surface area contributed by atoms with Gasteiger partial charge in [0.05, 0.1) is 24.6 Å². The molecule has 0 atom stereocenters. The Morgan fingerprint density at radius 1 is 1.21 bits per heavy atom. The Bertz CT molecular complexity index is 1180. The molecule has 1 aliphatic heterocycles. The Morgan fingerprint density at radius 3 is 2.58 bits per heavy atom. The van der Waals surface area contributed by atoms with Crippen LogP contribution in [0.5, 0.6) is 0 Å². The molecule has 0 aliphatic carbocycles. The number of ether oxygens (including phenoxy) is 1. The fourth-order valence-electron chi connectivity index (χ4n) is 3.88. The summed E-state index contributed by atoms with van der Waals surface area (Å²) in [6, 6.07) is 14.1. The van der Waals surface area contributed by atoms with Crippen molar-refractivity contribution in [2.24, 2.45) is 0 Å². The maximum Gasteiger partial charge on any atom is 0.139 e. The molecule has 0 unspecified atom stereocenters. The quantitative estimate of drug-likeness (QED) is 0.532. The van der Waals surface area contributed by atoms with Crippen LogP contribution < -0.4 is 0 Å². The Hall–Kier alpha value is -2.54. The average Bonchev–Trinajstić information content (AvgIpc) is 3.16. The predicted octanol–water partition coefficient (Wildman–Crippen LogP) is 4.92. The highest BCUT2D eigenvalue weighted by atomic mass is 35.5. The summed E-state index contributed by atoms with van der Waals surface area (Å²) in [5, 5.41) is 15.7. The molecule has 4 rings (SSSR count). The molecule has 0 amide bonds. The Balaban J connectivity index is 1.48. The minimum absolute atomic E-state index is 0.00370. The lowest BCUT2D eigenvalue weighted by atomic mass is 9.90. The summed E-state index contributed by atoms with van der Waals surface area (Å²) >= 11 is 6.18. The maximum atomic E-state index is 14.5. The van der Waals surface area contributed by atoms with E-state index in [1.54, 1.807) is 12.1 Å². The molecule has 1 fully saturated rings. The third-order valence-corrected chi connectivity index (χ3v) is 6.12. The fraction of sp³-hybridized carbons (Fsp3) is 0.385. The van der Waals surface area contributed by atoms with Crippen molar-refractivity contribution in [1.82, 2.24) is 9.78 Å². The van der Waals surface area contributed by atoms with E-state index in [1.165, 1.54) is 6.07 Å². The average molecular weight is 471 g/mol. The van der Waals surface area contributed by atoms with Gasteiger partial charge >= 0.3 is 0 Å². The van der Waals surface area contributed by atoms with Crippen LogP contribution in [0.3, 0.4) is 0 Å². The summed E-state index contributed by atoms with van der Waals surface area (Å²) in [5.74, 6) is -0.510. The van der Waals surface area contributed by atoms with Crippen LogP contribution in [-0.2, 0) is 33.4 Å². The van der Waals surface area contributed by atoms with Crippen LogP contribution in [0, 0.1) is 5.82 Å². The molecule has 2 aromatic carbocycles. The molecule has 3 aromatic rings. The molecule has 0 saturated carbocycles. The van der Waals surface area contributed by atoms with E-state index < -0.39 is 11.4 Å². The normalized spacial score (nSPS) is 15.3. The lowest BCUT2D eigenvalue weighted by molar-refractivity contribution is -0.186. The van der Waals surface area contributed by atoms with Gasteiger partial charge < -0.3 is 9.84 Å². The van der Waals surface area contributed by atoms with E-state index in [4.69, 9.17) is 21.4 Å². The van der Waals surface area contributed by atoms with Gasteiger partial charge in [-0.2, -0.15) is 5.10 Å². The van der Waals surface area contributed by atoms with Crippen LogP contribution in [0.2, 0.25) is 5.02 Å². The Kier molecular flexibility index (Phi) is 6.45. The van der Waals surface area contributed by atoms with E-state index in [-0.39, 0.29) is 36.4 Å². The first-order valence-electron chi connectivity index (χ1n) is 11.0. The number of carbonyl (C=O) groups excluding carboxylic acids is 1. The van der Waals surface area contributed by atoms with Gasteiger partial charge in [0.2, 0.25) is 0 Å². The largest absolute Gasteiger partial charge is 0.380 e. The molecule has 1 saturated heterocycles. The summed E-state index contributed by atoms with van der Waals surface area (Å²) in [7, 11) is 0. The molecule has 0 spiro atoms. The van der Waals surface area contributed by atoms with Crippen molar-refractivity contribution in [3.8, 4) is 5.69 Å². The van der Waals surface area contributed by atoms with Gasteiger partial charge in [0.15, 0.2) is 0 Å². The standard InChI is InChI=1S/C26H28ClFN2O3/c1-25(2,3)24-14-20(30(29-24)19-6-4-5-18(27)13-19)8-9-21(31)11-17-7-10-22(23(28)12-17)26(32)15-33-16-26/h4-7,10,12-14,32H,8-9,11,15-16H2,1-3H3. The first-order valence-corrected chi connectivity index (χ1v) is 11.4. The van der Waals surface area contributed by atoms with Crippen molar-refractivity contribution < 1.29 is 19.0 Å². The summed E-state index contributed by atoms with van der Waals surface area (Å²) in [6.07, 6.45) is 0.937. The van der Waals surface area contributed by atoms with E-state index in [0.29, 0.717) is 23.4 Å². The van der Waals surface area contributed by atoms with Crippen LogP contribution >= 0.6 is 11.6 Å². The topological polar surface area (TPSA) is 64.3 Å². The molecule has 174 valence electrons. The number of aliphatic hydroxyl groups is 1. The SMILES string of the molecule is CC(C)(C)c1cc(CCC(=O)Cc2ccc(C3(O)COC3)c(F)c2)n(-c2cccc(Cl)c2)n1. The number of nitrogens with zero attached hydrogens (tertiary/aromatic N) is 2. The van der Waals surface area contributed by atoms with Gasteiger partial charge in [0.1, 0.15) is 17.2 Å². The van der Waals surface area contributed by atoms with Gasteiger partial charge in [-0.1, -0.05) is 50.6 Å². The smallest absolute Gasteiger partial charge is 0.139 e. The van der Waals surface area contributed by atoms with Gasteiger partial charge in [-0.05, 0) is 42.3 Å². The van der Waals surface area contributed by atoms with Gasteiger partial charge in [0.25, 0.3) is 0 Å². The number of aromatic nitrogens is 2. The second-order valence-electron chi connectivity index (χ2n) is 9.72. The number of hydrogen-bond donors (Lipinski definition) is 1. The van der Waals surface area contributed by atoms with Crippen molar-refractivity contribution >= 4 is 17.4 Å². The molecule has 33 heavy (non-hydrogen) atoms. The zero-order valence-electron chi connectivity index (χ0n) is 19.1. The zero-order valence-corrected chi connectivity index (χ0v) is 19.8. The van der Waals surface area contributed by atoms with Crippen LogP contribution in [0.1, 0.15) is 49.7 Å². The van der Waals surface area contributed by atoms with Crippen LogP contribution in [0.15, 0.2) is 48.5 Å². The minimum atomic E-state index is -1.27. The highest BCUT2D eigenvalue weighted by Crippen LogP contribution is 2.31. The van der Waals surface area contributed by atoms with Gasteiger partial charge in [-0.25, -0.2) is 9.07 Å². The van der Waals surface area contributed by atoms with E-state index in [1.807, 2.05) is 35.0 Å². The van der Waals surface area contributed by atoms with Crippen molar-refractivity contribution in [3.05, 3.63) is 81.9 Å². The highest BCUT2D eigenvalue weighted by Gasteiger charge is 2.40. The van der Waals surface area contributed by atoms with Crippen molar-refractivity contribution in [2.45, 2.75) is 51.0 Å². The predicted molar refractivity (Wildman–Crippen MR) is 125 cm³/mol. The Labute approximate surface area is 198 Å². The van der Waals surface area contributed by atoms with Gasteiger partial charge in [-0.15, -0.1) is 0 Å². The maximum absolute atomic E-state index is 14.5. The van der Waals surface area contributed by atoms with E-state index in [9.17, 15) is 14.3 Å². The molecule has 1 aromatic heterocycles. The van der Waals surface area contributed by atoms with Gasteiger partial charge in [0, 0.05) is 34.5 Å². The van der Waals surface area contributed by atoms with Crippen LogP contribution in [0.4, 0.5) is 4.39 Å². The molecule has 2 heterocycles. The molecular formula is C26H28ClFN2O3. The number of rotatable bonds is 7. The second kappa shape index (κ2) is 9.01. The van der Waals surface area contributed by atoms with E-state index in [0.717, 1.165) is 17.1 Å². The van der Waals surface area contributed by atoms with Crippen LogP contribution in [0.25, 0.3) is 5.69 Å². The molecule has 1 aliphatic rings. The number of hydrogen-bond acceptors (Lipinski definition) is 4. The monoisotopic (exact) mass is 470 g/mol. The molecule has 1 N–H and O–H groups in total. The number of benzene rings is 2. The molecular weight excluding hydrogens is 443 g/mol. The van der Waals surface area contributed by atoms with E-state index in [2.05, 4.69) is 20.8 Å². The van der Waals surface area contributed by atoms with Gasteiger partial charge in [-0.3, -0.25) is 4.79 Å². The van der Waals surface area contributed by atoms with Crippen molar-refractivity contribution in [2.75, 3.05) is 13.2 Å². The summed E-state index contributed by atoms with van der Waals surface area (Å²) < 4.78 is 21.4. The summed E-state index contributed by atoms with van der Waals surface area (Å²) in [4.78, 5) is 12.7. The summed E-state index contributed by atoms with van der Waals surface area (Å²) in [6.45, 7) is 6.45. The minimum Gasteiger partial charge on any atom is -0.380 e. The number of carbonyl (C=O) groups is 1. The summed E-state index contributed by atoms with van der Waals surface area (Å²) in [5.41, 5.74) is 2.09. The zero-order chi connectivity index (χ0) is 23.8. The highest BCUT2D eigenvalue weighted by molar-refractivity contribution is 6.30. The third-order valence-electron chi connectivity index (χ3n) is 5.88. The molecule has 7 heteroatoms.